The van der Waals surface area contributed by atoms with E-state index >= 15 is 0 Å². The van der Waals surface area contributed by atoms with Crippen molar-refractivity contribution in [2.45, 2.75) is 23.9 Å². The first-order valence-corrected chi connectivity index (χ1v) is 4.88. The second-order valence-corrected chi connectivity index (χ2v) is 4.45. The molecule has 0 aliphatic carbocycles. The summed E-state index contributed by atoms with van der Waals surface area (Å²) in [7, 11) is -3.91. The Morgan fingerprint density at radius 1 is 1.45 bits per heavy atom. The topological polar surface area (TPSA) is 63.6 Å². The Morgan fingerprint density at radius 3 is 2.45 bits per heavy atom. The van der Waals surface area contributed by atoms with E-state index in [0.29, 0.717) is 6.42 Å². The van der Waals surface area contributed by atoms with Crippen molar-refractivity contribution in [3.63, 3.8) is 0 Å². The Kier molecular flexibility index (Phi) is 1.36. The molecule has 2 heterocycles. The van der Waals surface area contributed by atoms with E-state index in [1.54, 1.807) is 6.08 Å². The van der Waals surface area contributed by atoms with Gasteiger partial charge in [-0.1, -0.05) is 12.2 Å². The number of fused-ring (bicyclic) bond motifs is 2. The third-order valence-electron chi connectivity index (χ3n) is 2.06. The molecule has 0 aromatic heterocycles. The highest BCUT2D eigenvalue weighted by molar-refractivity contribution is 7.86. The van der Waals surface area contributed by atoms with Crippen LogP contribution in [0.15, 0.2) is 12.2 Å². The third-order valence-corrected chi connectivity index (χ3v) is 3.29. The molecule has 0 amide bonds. The van der Waals surface area contributed by atoms with Crippen LogP contribution in [0.2, 0.25) is 0 Å². The average molecular weight is 176 g/mol. The highest BCUT2D eigenvalue weighted by Crippen LogP contribution is 2.32. The summed E-state index contributed by atoms with van der Waals surface area (Å²) in [5.74, 6) is 0. The molecule has 3 atom stereocenters. The van der Waals surface area contributed by atoms with Crippen molar-refractivity contribution >= 4 is 10.1 Å². The van der Waals surface area contributed by atoms with Crippen LogP contribution in [0, 0.1) is 0 Å². The van der Waals surface area contributed by atoms with Gasteiger partial charge < -0.3 is 4.74 Å². The van der Waals surface area contributed by atoms with Gasteiger partial charge >= 0.3 is 0 Å². The second kappa shape index (κ2) is 2.06. The van der Waals surface area contributed by atoms with E-state index in [1.165, 1.54) is 0 Å². The lowest BCUT2D eigenvalue weighted by Gasteiger charge is -2.10. The van der Waals surface area contributed by atoms with Crippen molar-refractivity contribution in [2.24, 2.45) is 0 Å². The number of ether oxygens (including phenoxy) is 1. The predicted octanol–water partition coefficient (Wildman–Crippen LogP) is -0.0299. The standard InChI is InChI=1S/C6H8O4S/c7-11(8,9)6-3-4-1-2-5(6)10-4/h1-2,4-6H,3H2,(H,7,8,9). The molecule has 2 aliphatic rings. The molecule has 3 unspecified atom stereocenters. The molecule has 2 rings (SSSR count). The van der Waals surface area contributed by atoms with E-state index in [1.807, 2.05) is 6.08 Å². The van der Waals surface area contributed by atoms with Gasteiger partial charge in [0, 0.05) is 0 Å². The average Bonchev–Trinajstić information content (AvgIpc) is 2.42. The van der Waals surface area contributed by atoms with Crippen LogP contribution in [0.5, 0.6) is 0 Å². The molecule has 0 aromatic rings. The lowest BCUT2D eigenvalue weighted by Crippen LogP contribution is -2.28. The molecule has 0 radical (unpaired) electrons. The summed E-state index contributed by atoms with van der Waals surface area (Å²) in [4.78, 5) is 0. The minimum atomic E-state index is -3.91. The number of hydrogen-bond acceptors (Lipinski definition) is 3. The Hall–Kier alpha value is -0.390. The van der Waals surface area contributed by atoms with E-state index in [9.17, 15) is 8.42 Å². The van der Waals surface area contributed by atoms with Crippen LogP contribution >= 0.6 is 0 Å². The first-order valence-electron chi connectivity index (χ1n) is 3.37. The van der Waals surface area contributed by atoms with Crippen LogP contribution in [-0.4, -0.2) is 30.4 Å². The van der Waals surface area contributed by atoms with Crippen molar-refractivity contribution in [1.29, 1.82) is 0 Å². The molecule has 11 heavy (non-hydrogen) atoms. The summed E-state index contributed by atoms with van der Waals surface area (Å²) < 4.78 is 35.2. The van der Waals surface area contributed by atoms with E-state index in [4.69, 9.17) is 9.29 Å². The van der Waals surface area contributed by atoms with Gasteiger partial charge in [0.15, 0.2) is 0 Å². The normalized spacial score (nSPS) is 41.7. The molecular weight excluding hydrogens is 168 g/mol. The highest BCUT2D eigenvalue weighted by atomic mass is 32.2. The molecule has 0 saturated carbocycles. The van der Waals surface area contributed by atoms with Crippen LogP contribution < -0.4 is 0 Å². The molecule has 1 N–H and O–H groups in total. The van der Waals surface area contributed by atoms with Gasteiger partial charge in [0.05, 0.1) is 12.2 Å². The minimum Gasteiger partial charge on any atom is -0.365 e. The molecule has 5 heteroatoms. The van der Waals surface area contributed by atoms with Crippen LogP contribution in [0.1, 0.15) is 6.42 Å². The molecule has 4 nitrogen and oxygen atoms in total. The third kappa shape index (κ3) is 1.09. The maximum absolute atomic E-state index is 10.7. The maximum Gasteiger partial charge on any atom is 0.270 e. The number of hydrogen-bond donors (Lipinski definition) is 1. The maximum atomic E-state index is 10.7. The van der Waals surface area contributed by atoms with Crippen LogP contribution in [0.3, 0.4) is 0 Å². The monoisotopic (exact) mass is 176 g/mol. The minimum absolute atomic E-state index is 0.105. The van der Waals surface area contributed by atoms with Crippen LogP contribution in [0.4, 0.5) is 0 Å². The fourth-order valence-corrected chi connectivity index (χ4v) is 2.45. The Bertz CT molecular complexity index is 292. The first-order chi connectivity index (χ1) is 5.07. The molecule has 2 bridgehead atoms. The van der Waals surface area contributed by atoms with Gasteiger partial charge in [-0.25, -0.2) is 0 Å². The Labute approximate surface area is 64.6 Å². The summed E-state index contributed by atoms with van der Waals surface area (Å²) in [6.07, 6.45) is 3.38. The van der Waals surface area contributed by atoms with Gasteiger partial charge in [-0.3, -0.25) is 4.55 Å². The smallest absolute Gasteiger partial charge is 0.270 e. The predicted molar refractivity (Wildman–Crippen MR) is 37.8 cm³/mol. The van der Waals surface area contributed by atoms with E-state index < -0.39 is 21.5 Å². The molecule has 0 aromatic carbocycles. The molecule has 1 fully saturated rings. The molecule has 2 aliphatic heterocycles. The lowest BCUT2D eigenvalue weighted by molar-refractivity contribution is 0.120. The van der Waals surface area contributed by atoms with Gasteiger partial charge in [0.2, 0.25) is 0 Å². The van der Waals surface area contributed by atoms with Gasteiger partial charge in [-0.05, 0) is 6.42 Å². The molecule has 0 spiro atoms. The van der Waals surface area contributed by atoms with Gasteiger partial charge in [-0.2, -0.15) is 8.42 Å². The van der Waals surface area contributed by atoms with Crippen molar-refractivity contribution in [3.8, 4) is 0 Å². The quantitative estimate of drug-likeness (QED) is 0.450. The highest BCUT2D eigenvalue weighted by Gasteiger charge is 2.43. The van der Waals surface area contributed by atoms with E-state index in [0.717, 1.165) is 0 Å². The molecule has 62 valence electrons. The van der Waals surface area contributed by atoms with Crippen molar-refractivity contribution in [1.82, 2.24) is 0 Å². The van der Waals surface area contributed by atoms with Gasteiger partial charge in [-0.15, -0.1) is 0 Å². The zero-order valence-electron chi connectivity index (χ0n) is 5.67. The summed E-state index contributed by atoms with van der Waals surface area (Å²) in [5, 5.41) is -0.738. The van der Waals surface area contributed by atoms with E-state index in [2.05, 4.69) is 0 Å². The van der Waals surface area contributed by atoms with Crippen molar-refractivity contribution < 1.29 is 17.7 Å². The zero-order chi connectivity index (χ0) is 8.06. The van der Waals surface area contributed by atoms with Gasteiger partial charge in [0.25, 0.3) is 10.1 Å². The number of rotatable bonds is 1. The largest absolute Gasteiger partial charge is 0.365 e. The van der Waals surface area contributed by atoms with Gasteiger partial charge in [0.1, 0.15) is 5.25 Å². The summed E-state index contributed by atoms with van der Waals surface area (Å²) >= 11 is 0. The summed E-state index contributed by atoms with van der Waals surface area (Å²) in [5.41, 5.74) is 0. The Balaban J connectivity index is 2.28. The first kappa shape index (κ1) is 7.27. The Morgan fingerprint density at radius 2 is 2.18 bits per heavy atom. The lowest BCUT2D eigenvalue weighted by atomic mass is 10.1. The van der Waals surface area contributed by atoms with Crippen LogP contribution in [-0.2, 0) is 14.9 Å². The summed E-state index contributed by atoms with van der Waals surface area (Å²) in [6, 6.07) is 0. The van der Waals surface area contributed by atoms with E-state index in [-0.39, 0.29) is 6.10 Å². The summed E-state index contributed by atoms with van der Waals surface area (Å²) in [6.45, 7) is 0. The van der Waals surface area contributed by atoms with Crippen LogP contribution in [0.25, 0.3) is 0 Å². The molecular formula is C6H8O4S. The molecule has 1 saturated heterocycles. The van der Waals surface area contributed by atoms with Crippen molar-refractivity contribution in [2.75, 3.05) is 0 Å². The van der Waals surface area contributed by atoms with Crippen molar-refractivity contribution in [3.05, 3.63) is 12.2 Å². The SMILES string of the molecule is O=S(=O)(O)C1CC2C=CC1O2. The zero-order valence-corrected chi connectivity index (χ0v) is 6.49. The fourth-order valence-electron chi connectivity index (χ4n) is 1.53. The fraction of sp³-hybridized carbons (Fsp3) is 0.667. The second-order valence-electron chi connectivity index (χ2n) is 2.81.